The third kappa shape index (κ3) is 5.23. The van der Waals surface area contributed by atoms with E-state index >= 15 is 0 Å². The van der Waals surface area contributed by atoms with Gasteiger partial charge in [0.1, 0.15) is 5.75 Å². The van der Waals surface area contributed by atoms with Gasteiger partial charge in [-0.25, -0.2) is 0 Å². The number of rotatable bonds is 8. The van der Waals surface area contributed by atoms with Gasteiger partial charge in [-0.15, -0.1) is 0 Å². The molecule has 1 fully saturated rings. The molecule has 0 unspecified atom stereocenters. The van der Waals surface area contributed by atoms with Crippen molar-refractivity contribution in [3.05, 3.63) is 54.1 Å². The lowest BCUT2D eigenvalue weighted by molar-refractivity contribution is 0.0962. The van der Waals surface area contributed by atoms with Gasteiger partial charge in [-0.05, 0) is 36.8 Å². The standard InChI is InChI=1S/C22H29N3O2/c1-2-16-27-22-9-8-18(17-20(22)23)21(26)10-11-24-12-14-25(15-13-24)19-6-4-3-5-7-19/h3-9,17H,2,10-16,23H2,1H3. The second-order valence-corrected chi connectivity index (χ2v) is 6.94. The number of nitrogens with two attached hydrogens (primary N) is 1. The SMILES string of the molecule is CCCOc1ccc(C(=O)CCN2CCN(c3ccccc3)CC2)cc1N. The number of piperazine rings is 1. The molecule has 5 heteroatoms. The zero-order chi connectivity index (χ0) is 19.1. The highest BCUT2D eigenvalue weighted by Gasteiger charge is 2.18. The molecule has 0 amide bonds. The molecule has 0 atom stereocenters. The lowest BCUT2D eigenvalue weighted by Gasteiger charge is -2.36. The summed E-state index contributed by atoms with van der Waals surface area (Å²) in [4.78, 5) is 17.3. The van der Waals surface area contributed by atoms with Crippen LogP contribution in [0.15, 0.2) is 48.5 Å². The van der Waals surface area contributed by atoms with Crippen LogP contribution in [0.4, 0.5) is 11.4 Å². The fraction of sp³-hybridized carbons (Fsp3) is 0.409. The summed E-state index contributed by atoms with van der Waals surface area (Å²) in [5, 5.41) is 0. The van der Waals surface area contributed by atoms with Crippen LogP contribution in [-0.2, 0) is 0 Å². The number of nitrogens with zero attached hydrogens (tertiary/aromatic N) is 2. The van der Waals surface area contributed by atoms with Crippen LogP contribution < -0.4 is 15.4 Å². The van der Waals surface area contributed by atoms with Crippen molar-refractivity contribution in [3.63, 3.8) is 0 Å². The van der Waals surface area contributed by atoms with Gasteiger partial charge in [0.05, 0.1) is 12.3 Å². The summed E-state index contributed by atoms with van der Waals surface area (Å²) in [5.41, 5.74) is 8.49. The predicted octanol–water partition coefficient (Wildman–Crippen LogP) is 3.45. The molecular weight excluding hydrogens is 338 g/mol. The highest BCUT2D eigenvalue weighted by molar-refractivity contribution is 5.97. The van der Waals surface area contributed by atoms with Gasteiger partial charge in [0.25, 0.3) is 0 Å². The number of hydrogen-bond acceptors (Lipinski definition) is 5. The molecular formula is C22H29N3O2. The highest BCUT2D eigenvalue weighted by Crippen LogP contribution is 2.23. The molecule has 1 aliphatic heterocycles. The molecule has 2 N–H and O–H groups in total. The summed E-state index contributed by atoms with van der Waals surface area (Å²) in [5.74, 6) is 0.791. The Bertz CT molecular complexity index is 740. The van der Waals surface area contributed by atoms with Crippen molar-refractivity contribution < 1.29 is 9.53 Å². The summed E-state index contributed by atoms with van der Waals surface area (Å²) in [6.45, 7) is 7.42. The van der Waals surface area contributed by atoms with E-state index in [0.717, 1.165) is 39.1 Å². The Morgan fingerprint density at radius 1 is 1.07 bits per heavy atom. The monoisotopic (exact) mass is 367 g/mol. The van der Waals surface area contributed by atoms with Crippen molar-refractivity contribution in [2.24, 2.45) is 0 Å². The topological polar surface area (TPSA) is 58.8 Å². The maximum absolute atomic E-state index is 12.5. The Balaban J connectivity index is 1.46. The molecule has 0 aliphatic carbocycles. The van der Waals surface area contributed by atoms with Gasteiger partial charge in [-0.3, -0.25) is 9.69 Å². The molecule has 0 bridgehead atoms. The van der Waals surface area contributed by atoms with E-state index in [9.17, 15) is 4.79 Å². The first-order valence-corrected chi connectivity index (χ1v) is 9.75. The van der Waals surface area contributed by atoms with E-state index in [2.05, 4.69) is 34.1 Å². The molecule has 27 heavy (non-hydrogen) atoms. The first-order valence-electron chi connectivity index (χ1n) is 9.75. The number of carbonyl (C=O) groups excluding carboxylic acids is 1. The van der Waals surface area contributed by atoms with E-state index in [1.54, 1.807) is 12.1 Å². The highest BCUT2D eigenvalue weighted by atomic mass is 16.5. The van der Waals surface area contributed by atoms with Crippen LogP contribution in [0.2, 0.25) is 0 Å². The molecule has 2 aromatic carbocycles. The molecule has 0 radical (unpaired) electrons. The molecule has 1 heterocycles. The van der Waals surface area contributed by atoms with Crippen LogP contribution in [0.5, 0.6) is 5.75 Å². The minimum Gasteiger partial charge on any atom is -0.491 e. The lowest BCUT2D eigenvalue weighted by Crippen LogP contribution is -2.46. The fourth-order valence-electron chi connectivity index (χ4n) is 3.34. The van der Waals surface area contributed by atoms with Crippen LogP contribution in [0.25, 0.3) is 0 Å². The fourth-order valence-corrected chi connectivity index (χ4v) is 3.34. The Labute approximate surface area is 161 Å². The Kier molecular flexibility index (Phi) is 6.71. The maximum atomic E-state index is 12.5. The average Bonchev–Trinajstić information content (AvgIpc) is 2.72. The number of carbonyl (C=O) groups is 1. The first kappa shape index (κ1) is 19.2. The lowest BCUT2D eigenvalue weighted by atomic mass is 10.1. The molecule has 144 valence electrons. The average molecular weight is 367 g/mol. The molecule has 5 nitrogen and oxygen atoms in total. The normalized spacial score (nSPS) is 14.9. The molecule has 0 spiro atoms. The zero-order valence-electron chi connectivity index (χ0n) is 16.1. The summed E-state index contributed by atoms with van der Waals surface area (Å²) in [6.07, 6.45) is 1.44. The number of ketones is 1. The largest absolute Gasteiger partial charge is 0.491 e. The first-order chi connectivity index (χ1) is 13.2. The number of anilines is 2. The van der Waals surface area contributed by atoms with E-state index in [-0.39, 0.29) is 5.78 Å². The second-order valence-electron chi connectivity index (χ2n) is 6.94. The predicted molar refractivity (Wildman–Crippen MR) is 111 cm³/mol. The molecule has 0 saturated carbocycles. The Morgan fingerprint density at radius 3 is 2.48 bits per heavy atom. The molecule has 3 rings (SSSR count). The van der Waals surface area contributed by atoms with E-state index in [1.807, 2.05) is 19.1 Å². The third-order valence-electron chi connectivity index (χ3n) is 4.94. The van der Waals surface area contributed by atoms with E-state index in [4.69, 9.17) is 10.5 Å². The number of nitrogen functional groups attached to an aromatic ring is 1. The van der Waals surface area contributed by atoms with Crippen LogP contribution in [0.1, 0.15) is 30.1 Å². The number of hydrogen-bond donors (Lipinski definition) is 1. The number of Topliss-reactive ketones (excluding diaryl/α,β-unsaturated/α-hetero) is 1. The van der Waals surface area contributed by atoms with Gasteiger partial charge >= 0.3 is 0 Å². The summed E-state index contributed by atoms with van der Waals surface area (Å²) >= 11 is 0. The van der Waals surface area contributed by atoms with Gasteiger partial charge < -0.3 is 15.4 Å². The van der Waals surface area contributed by atoms with Crippen molar-refractivity contribution >= 4 is 17.2 Å². The minimum absolute atomic E-state index is 0.134. The van der Waals surface area contributed by atoms with Gasteiger partial charge in [0.15, 0.2) is 5.78 Å². The minimum atomic E-state index is 0.134. The van der Waals surface area contributed by atoms with Crippen molar-refractivity contribution in [2.45, 2.75) is 19.8 Å². The second kappa shape index (κ2) is 9.42. The summed E-state index contributed by atoms with van der Waals surface area (Å²) in [6, 6.07) is 15.8. The molecule has 0 aromatic heterocycles. The van der Waals surface area contributed by atoms with Gasteiger partial charge in [-0.1, -0.05) is 25.1 Å². The van der Waals surface area contributed by atoms with Crippen molar-refractivity contribution in [2.75, 3.05) is 50.0 Å². The summed E-state index contributed by atoms with van der Waals surface area (Å²) in [7, 11) is 0. The quantitative estimate of drug-likeness (QED) is 0.572. The van der Waals surface area contributed by atoms with Gasteiger partial charge in [-0.2, -0.15) is 0 Å². The van der Waals surface area contributed by atoms with Crippen LogP contribution >= 0.6 is 0 Å². The van der Waals surface area contributed by atoms with Crippen LogP contribution in [-0.4, -0.2) is 50.0 Å². The van der Waals surface area contributed by atoms with Crippen molar-refractivity contribution in [1.29, 1.82) is 0 Å². The Morgan fingerprint density at radius 2 is 1.81 bits per heavy atom. The zero-order valence-corrected chi connectivity index (χ0v) is 16.1. The molecule has 2 aromatic rings. The van der Waals surface area contributed by atoms with Crippen molar-refractivity contribution in [3.8, 4) is 5.75 Å². The van der Waals surface area contributed by atoms with Crippen LogP contribution in [0.3, 0.4) is 0 Å². The maximum Gasteiger partial charge on any atom is 0.164 e. The summed E-state index contributed by atoms with van der Waals surface area (Å²) < 4.78 is 5.57. The van der Waals surface area contributed by atoms with Gasteiger partial charge in [0, 0.05) is 50.4 Å². The van der Waals surface area contributed by atoms with Gasteiger partial charge in [0.2, 0.25) is 0 Å². The van der Waals surface area contributed by atoms with Crippen molar-refractivity contribution in [1.82, 2.24) is 4.90 Å². The molecule has 1 saturated heterocycles. The number of ether oxygens (including phenoxy) is 1. The van der Waals surface area contributed by atoms with Crippen LogP contribution in [0, 0.1) is 0 Å². The Hall–Kier alpha value is -2.53. The smallest absolute Gasteiger partial charge is 0.164 e. The number of benzene rings is 2. The third-order valence-corrected chi connectivity index (χ3v) is 4.94. The van der Waals surface area contributed by atoms with E-state index in [0.29, 0.717) is 30.0 Å². The molecule has 1 aliphatic rings. The number of para-hydroxylation sites is 1. The van der Waals surface area contributed by atoms with E-state index in [1.165, 1.54) is 5.69 Å². The van der Waals surface area contributed by atoms with E-state index < -0.39 is 0 Å².